The minimum Gasteiger partial charge on any atom is -0.460 e. The molecule has 26 heavy (non-hydrogen) atoms. The lowest BCUT2D eigenvalue weighted by Crippen LogP contribution is -2.46. The minimum atomic E-state index is -0.726. The van der Waals surface area contributed by atoms with E-state index >= 15 is 0 Å². The number of ether oxygens (including phenoxy) is 1. The van der Waals surface area contributed by atoms with Crippen molar-refractivity contribution in [3.8, 4) is 0 Å². The van der Waals surface area contributed by atoms with E-state index in [1.54, 1.807) is 19.9 Å². The molecule has 0 saturated heterocycles. The molecular formula is C21H32N2O3. The van der Waals surface area contributed by atoms with Gasteiger partial charge >= 0.3 is 5.97 Å². The van der Waals surface area contributed by atoms with E-state index in [4.69, 9.17) is 10.5 Å². The van der Waals surface area contributed by atoms with E-state index in [-0.39, 0.29) is 12.5 Å². The van der Waals surface area contributed by atoms with Gasteiger partial charge in [0.2, 0.25) is 5.91 Å². The fourth-order valence-electron chi connectivity index (χ4n) is 1.65. The predicted octanol–water partition coefficient (Wildman–Crippen LogP) is 3.35. The van der Waals surface area contributed by atoms with Crippen molar-refractivity contribution < 1.29 is 14.3 Å². The molecule has 0 saturated carbocycles. The van der Waals surface area contributed by atoms with Crippen LogP contribution in [0.4, 0.5) is 0 Å². The third-order valence-corrected chi connectivity index (χ3v) is 3.26. The summed E-state index contributed by atoms with van der Waals surface area (Å²) in [5, 5.41) is 2.50. The van der Waals surface area contributed by atoms with Crippen molar-refractivity contribution in [2.45, 2.75) is 53.6 Å². The number of rotatable bonds is 9. The normalized spacial score (nSPS) is 15.0. The Bertz CT molecular complexity index is 619. The molecule has 0 aromatic heterocycles. The van der Waals surface area contributed by atoms with Crippen molar-refractivity contribution in [3.05, 3.63) is 59.3 Å². The molecule has 144 valence electrons. The molecule has 0 aliphatic heterocycles. The van der Waals surface area contributed by atoms with Crippen molar-refractivity contribution in [3.63, 3.8) is 0 Å². The van der Waals surface area contributed by atoms with Crippen molar-refractivity contribution in [2.24, 2.45) is 5.73 Å². The largest absolute Gasteiger partial charge is 0.460 e. The third-order valence-electron chi connectivity index (χ3n) is 3.26. The first-order valence-corrected chi connectivity index (χ1v) is 8.69. The smallest absolute Gasteiger partial charge is 0.328 e. The van der Waals surface area contributed by atoms with Gasteiger partial charge in [-0.05, 0) is 47.6 Å². The molecule has 5 nitrogen and oxygen atoms in total. The first-order chi connectivity index (χ1) is 12.1. The maximum Gasteiger partial charge on any atom is 0.328 e. The third kappa shape index (κ3) is 12.0. The highest BCUT2D eigenvalue weighted by Crippen LogP contribution is 2.01. The fourth-order valence-corrected chi connectivity index (χ4v) is 1.65. The highest BCUT2D eigenvalue weighted by Gasteiger charge is 2.18. The molecule has 2 atom stereocenters. The van der Waals surface area contributed by atoms with Crippen LogP contribution in [0.1, 0.15) is 41.5 Å². The van der Waals surface area contributed by atoms with Crippen LogP contribution in [-0.4, -0.2) is 30.6 Å². The van der Waals surface area contributed by atoms with Gasteiger partial charge in [-0.15, -0.1) is 0 Å². The van der Waals surface area contributed by atoms with Crippen LogP contribution >= 0.6 is 0 Å². The summed E-state index contributed by atoms with van der Waals surface area (Å²) < 4.78 is 5.12. The lowest BCUT2D eigenvalue weighted by atomic mass is 10.2. The predicted molar refractivity (Wildman–Crippen MR) is 107 cm³/mol. The number of carbonyl (C=O) groups is 2. The standard InChI is InChI=1S/C21H32N2O3/c1-15(2)9-7-10-16(3)11-8-12-17(4)13-14-26-21(25)19(6)23-20(24)18(5)22/h7-13,18-19H,14,22H2,1-6H3,(H,23,24)/b10-7+,12-8+,16-11+,17-13+/t18-,19-/m0/s1. The second-order valence-corrected chi connectivity index (χ2v) is 6.47. The first-order valence-electron chi connectivity index (χ1n) is 8.69. The van der Waals surface area contributed by atoms with Crippen LogP contribution in [0, 0.1) is 0 Å². The summed E-state index contributed by atoms with van der Waals surface area (Å²) in [6.07, 6.45) is 13.8. The summed E-state index contributed by atoms with van der Waals surface area (Å²) in [6.45, 7) is 11.3. The fraction of sp³-hybridized carbons (Fsp3) is 0.429. The Morgan fingerprint density at radius 3 is 2.15 bits per heavy atom. The number of carbonyl (C=O) groups excluding carboxylic acids is 2. The van der Waals surface area contributed by atoms with Gasteiger partial charge in [-0.25, -0.2) is 4.79 Å². The molecule has 3 N–H and O–H groups in total. The van der Waals surface area contributed by atoms with E-state index in [9.17, 15) is 9.59 Å². The summed E-state index contributed by atoms with van der Waals surface area (Å²) >= 11 is 0. The first kappa shape index (κ1) is 23.6. The van der Waals surface area contributed by atoms with Crippen molar-refractivity contribution >= 4 is 11.9 Å². The van der Waals surface area contributed by atoms with Gasteiger partial charge < -0.3 is 15.8 Å². The van der Waals surface area contributed by atoms with Crippen LogP contribution < -0.4 is 11.1 Å². The number of esters is 1. The molecule has 0 aromatic carbocycles. The average Bonchev–Trinajstić information content (AvgIpc) is 2.54. The molecule has 0 aliphatic rings. The summed E-state index contributed by atoms with van der Waals surface area (Å²) in [5.41, 5.74) is 8.80. The van der Waals surface area contributed by atoms with Gasteiger partial charge in [0.25, 0.3) is 0 Å². The molecule has 0 fully saturated rings. The zero-order valence-electron chi connectivity index (χ0n) is 16.7. The number of allylic oxidation sites excluding steroid dienone is 9. The lowest BCUT2D eigenvalue weighted by molar-refractivity contribution is -0.146. The monoisotopic (exact) mass is 360 g/mol. The Morgan fingerprint density at radius 2 is 1.58 bits per heavy atom. The van der Waals surface area contributed by atoms with Gasteiger partial charge in [0.1, 0.15) is 12.6 Å². The number of hydrogen-bond acceptors (Lipinski definition) is 4. The molecule has 0 aromatic rings. The summed E-state index contributed by atoms with van der Waals surface area (Å²) in [6, 6.07) is -1.39. The van der Waals surface area contributed by atoms with Gasteiger partial charge in [-0.2, -0.15) is 0 Å². The van der Waals surface area contributed by atoms with Crippen molar-refractivity contribution in [1.29, 1.82) is 0 Å². The maximum atomic E-state index is 11.8. The molecular weight excluding hydrogens is 328 g/mol. The van der Waals surface area contributed by atoms with Crippen LogP contribution in [0.25, 0.3) is 0 Å². The Hall–Kier alpha value is -2.40. The average molecular weight is 360 g/mol. The van der Waals surface area contributed by atoms with Gasteiger partial charge in [0, 0.05) is 0 Å². The molecule has 0 heterocycles. The number of nitrogens with one attached hydrogen (secondary N) is 1. The Kier molecular flexibility index (Phi) is 11.7. The summed E-state index contributed by atoms with van der Waals surface area (Å²) in [5.74, 6) is -0.878. The van der Waals surface area contributed by atoms with Gasteiger partial charge in [0.05, 0.1) is 6.04 Å². The van der Waals surface area contributed by atoms with Crippen LogP contribution in [-0.2, 0) is 14.3 Å². The van der Waals surface area contributed by atoms with Crippen molar-refractivity contribution in [1.82, 2.24) is 5.32 Å². The number of nitrogens with two attached hydrogens (primary N) is 1. The van der Waals surface area contributed by atoms with Crippen LogP contribution in [0.2, 0.25) is 0 Å². The zero-order chi connectivity index (χ0) is 20.1. The van der Waals surface area contributed by atoms with E-state index in [0.29, 0.717) is 0 Å². The highest BCUT2D eigenvalue weighted by molar-refractivity contribution is 5.86. The van der Waals surface area contributed by atoms with Gasteiger partial charge in [-0.3, -0.25) is 4.79 Å². The lowest BCUT2D eigenvalue weighted by Gasteiger charge is -2.14. The molecule has 0 bridgehead atoms. The molecule has 0 unspecified atom stereocenters. The molecule has 0 rings (SSSR count). The second kappa shape index (κ2) is 12.9. The molecule has 1 amide bonds. The van der Waals surface area contributed by atoms with E-state index in [0.717, 1.165) is 11.1 Å². The molecule has 5 heteroatoms. The topological polar surface area (TPSA) is 81.4 Å². The van der Waals surface area contributed by atoms with Crippen molar-refractivity contribution in [2.75, 3.05) is 6.61 Å². The summed E-state index contributed by atoms with van der Waals surface area (Å²) in [7, 11) is 0. The second-order valence-electron chi connectivity index (χ2n) is 6.47. The van der Waals surface area contributed by atoms with E-state index in [1.807, 2.05) is 44.2 Å². The van der Waals surface area contributed by atoms with E-state index in [1.165, 1.54) is 5.57 Å². The highest BCUT2D eigenvalue weighted by atomic mass is 16.5. The van der Waals surface area contributed by atoms with Gasteiger partial charge in [-0.1, -0.05) is 53.2 Å². The minimum absolute atomic E-state index is 0.149. The van der Waals surface area contributed by atoms with E-state index < -0.39 is 18.1 Å². The summed E-state index contributed by atoms with van der Waals surface area (Å²) in [4.78, 5) is 23.2. The van der Waals surface area contributed by atoms with Crippen LogP contribution in [0.15, 0.2) is 59.3 Å². The van der Waals surface area contributed by atoms with E-state index in [2.05, 4.69) is 25.2 Å². The molecule has 0 spiro atoms. The zero-order valence-corrected chi connectivity index (χ0v) is 16.7. The number of amides is 1. The Morgan fingerprint density at radius 1 is 1.00 bits per heavy atom. The Labute approximate surface area is 157 Å². The van der Waals surface area contributed by atoms with Crippen LogP contribution in [0.5, 0.6) is 0 Å². The SMILES string of the molecule is CC(C)=C/C=C/C(C)=C/C=C/C(C)=C/COC(=O)[C@H](C)NC(=O)[C@H](C)N. The quantitative estimate of drug-likeness (QED) is 0.488. The molecule has 0 radical (unpaired) electrons. The van der Waals surface area contributed by atoms with Crippen LogP contribution in [0.3, 0.4) is 0 Å². The molecule has 0 aliphatic carbocycles. The Balaban J connectivity index is 4.40. The number of hydrogen-bond donors (Lipinski definition) is 2. The maximum absolute atomic E-state index is 11.8. The van der Waals surface area contributed by atoms with Gasteiger partial charge in [0.15, 0.2) is 0 Å².